The Hall–Kier alpha value is -3.40. The summed E-state index contributed by atoms with van der Waals surface area (Å²) in [6, 6.07) is 23.3. The highest BCUT2D eigenvalue weighted by molar-refractivity contribution is 6.09. The molecule has 136 valence electrons. The van der Waals surface area contributed by atoms with Crippen molar-refractivity contribution >= 4 is 11.8 Å². The van der Waals surface area contributed by atoms with Gasteiger partial charge in [-0.1, -0.05) is 42.5 Å². The predicted molar refractivity (Wildman–Crippen MR) is 103 cm³/mol. The first-order valence-corrected chi connectivity index (χ1v) is 8.69. The van der Waals surface area contributed by atoms with E-state index in [4.69, 9.17) is 9.47 Å². The lowest BCUT2D eigenvalue weighted by Crippen LogP contribution is -2.09. The number of rotatable bonds is 7. The van der Waals surface area contributed by atoms with Crippen molar-refractivity contribution in [3.8, 4) is 11.5 Å². The van der Waals surface area contributed by atoms with Gasteiger partial charge in [0.15, 0.2) is 5.78 Å². The molecule has 0 spiro atoms. The van der Waals surface area contributed by atoms with Gasteiger partial charge >= 0.3 is 5.97 Å². The van der Waals surface area contributed by atoms with Crippen LogP contribution in [0.15, 0.2) is 78.9 Å². The van der Waals surface area contributed by atoms with E-state index in [1.54, 1.807) is 43.5 Å². The number of aryl methyl sites for hydroxylation is 1. The zero-order chi connectivity index (χ0) is 19.1. The number of hydrogen-bond acceptors (Lipinski definition) is 4. The maximum Gasteiger partial charge on any atom is 0.311 e. The molecule has 0 fully saturated rings. The topological polar surface area (TPSA) is 52.6 Å². The molecule has 3 aromatic rings. The molecule has 3 rings (SSSR count). The molecule has 0 radical (unpaired) electrons. The molecule has 0 saturated carbocycles. The van der Waals surface area contributed by atoms with E-state index in [0.29, 0.717) is 23.3 Å². The number of methoxy groups -OCH3 is 1. The first kappa shape index (κ1) is 18.4. The first-order valence-electron chi connectivity index (χ1n) is 8.69. The lowest BCUT2D eigenvalue weighted by molar-refractivity contribution is -0.134. The quantitative estimate of drug-likeness (QED) is 0.354. The highest BCUT2D eigenvalue weighted by Gasteiger charge is 2.10. The summed E-state index contributed by atoms with van der Waals surface area (Å²) in [6.07, 6.45) is 0.866. The van der Waals surface area contributed by atoms with Gasteiger partial charge in [0.05, 0.1) is 7.11 Å². The van der Waals surface area contributed by atoms with Crippen molar-refractivity contribution in [3.63, 3.8) is 0 Å². The number of esters is 1. The standard InChI is InChI=1S/C23H20O4/c1-26-20-12-7-17(8-13-20)9-16-22(24)27-21-14-10-19(11-15-21)23(25)18-5-3-2-4-6-18/h2-8,10-15H,9,16H2,1H3. The van der Waals surface area contributed by atoms with Gasteiger partial charge in [-0.05, 0) is 48.4 Å². The van der Waals surface area contributed by atoms with Crippen LogP contribution in [0.1, 0.15) is 27.9 Å². The third-order valence-electron chi connectivity index (χ3n) is 4.16. The number of benzene rings is 3. The monoisotopic (exact) mass is 360 g/mol. The first-order chi connectivity index (χ1) is 13.2. The van der Waals surface area contributed by atoms with E-state index in [1.807, 2.05) is 42.5 Å². The molecule has 0 unspecified atom stereocenters. The van der Waals surface area contributed by atoms with Gasteiger partial charge in [0.25, 0.3) is 0 Å². The van der Waals surface area contributed by atoms with Crippen LogP contribution in [0.2, 0.25) is 0 Å². The summed E-state index contributed by atoms with van der Waals surface area (Å²) in [6.45, 7) is 0. The van der Waals surface area contributed by atoms with Crippen LogP contribution < -0.4 is 9.47 Å². The Balaban J connectivity index is 1.54. The summed E-state index contributed by atoms with van der Waals surface area (Å²) in [5.41, 5.74) is 2.22. The van der Waals surface area contributed by atoms with Gasteiger partial charge in [0.2, 0.25) is 0 Å². The van der Waals surface area contributed by atoms with E-state index >= 15 is 0 Å². The average molecular weight is 360 g/mol. The molecular weight excluding hydrogens is 340 g/mol. The van der Waals surface area contributed by atoms with Crippen molar-refractivity contribution in [2.24, 2.45) is 0 Å². The van der Waals surface area contributed by atoms with Crippen molar-refractivity contribution < 1.29 is 19.1 Å². The molecule has 4 heteroatoms. The summed E-state index contributed by atoms with van der Waals surface area (Å²) < 4.78 is 10.5. The maximum absolute atomic E-state index is 12.4. The third kappa shape index (κ3) is 5.05. The predicted octanol–water partition coefficient (Wildman–Crippen LogP) is 4.46. The second-order valence-electron chi connectivity index (χ2n) is 6.04. The highest BCUT2D eigenvalue weighted by atomic mass is 16.5. The third-order valence-corrected chi connectivity index (χ3v) is 4.16. The summed E-state index contributed by atoms with van der Waals surface area (Å²) >= 11 is 0. The van der Waals surface area contributed by atoms with E-state index in [2.05, 4.69) is 0 Å². The van der Waals surface area contributed by atoms with Crippen LogP contribution in [-0.4, -0.2) is 18.9 Å². The van der Waals surface area contributed by atoms with E-state index in [-0.39, 0.29) is 18.2 Å². The van der Waals surface area contributed by atoms with E-state index in [9.17, 15) is 9.59 Å². The van der Waals surface area contributed by atoms with Gasteiger partial charge in [-0.15, -0.1) is 0 Å². The van der Waals surface area contributed by atoms with Crippen LogP contribution in [0, 0.1) is 0 Å². The molecule has 0 bridgehead atoms. The van der Waals surface area contributed by atoms with Crippen LogP contribution >= 0.6 is 0 Å². The molecule has 27 heavy (non-hydrogen) atoms. The van der Waals surface area contributed by atoms with Crippen LogP contribution in [0.4, 0.5) is 0 Å². The number of hydrogen-bond donors (Lipinski definition) is 0. The summed E-state index contributed by atoms with van der Waals surface area (Å²) in [5.74, 6) is 0.840. The molecule has 0 aliphatic heterocycles. The number of carbonyl (C=O) groups excluding carboxylic acids is 2. The molecular formula is C23H20O4. The Bertz CT molecular complexity index is 897. The summed E-state index contributed by atoms with van der Waals surface area (Å²) in [7, 11) is 1.62. The largest absolute Gasteiger partial charge is 0.497 e. The molecule has 0 aliphatic carbocycles. The van der Waals surface area contributed by atoms with Gasteiger partial charge in [-0.3, -0.25) is 9.59 Å². The molecule has 0 amide bonds. The van der Waals surface area contributed by atoms with Crippen molar-refractivity contribution in [2.45, 2.75) is 12.8 Å². The number of carbonyl (C=O) groups is 2. The molecule has 0 aliphatic rings. The minimum Gasteiger partial charge on any atom is -0.497 e. The van der Waals surface area contributed by atoms with Crippen LogP contribution in [0.25, 0.3) is 0 Å². The lowest BCUT2D eigenvalue weighted by Gasteiger charge is -2.06. The SMILES string of the molecule is COc1ccc(CCC(=O)Oc2ccc(C(=O)c3ccccc3)cc2)cc1. The fourth-order valence-corrected chi connectivity index (χ4v) is 2.65. The fourth-order valence-electron chi connectivity index (χ4n) is 2.65. The van der Waals surface area contributed by atoms with E-state index < -0.39 is 0 Å². The summed E-state index contributed by atoms with van der Waals surface area (Å²) in [4.78, 5) is 24.4. The second-order valence-corrected chi connectivity index (χ2v) is 6.04. The summed E-state index contributed by atoms with van der Waals surface area (Å²) in [5, 5.41) is 0. The van der Waals surface area contributed by atoms with Crippen molar-refractivity contribution in [3.05, 3.63) is 95.6 Å². The van der Waals surface area contributed by atoms with Gasteiger partial charge in [-0.2, -0.15) is 0 Å². The normalized spacial score (nSPS) is 10.3. The van der Waals surface area contributed by atoms with Gasteiger partial charge in [0, 0.05) is 17.5 Å². The Morgan fingerprint density at radius 2 is 1.33 bits per heavy atom. The smallest absolute Gasteiger partial charge is 0.311 e. The number of ether oxygens (including phenoxy) is 2. The molecule has 0 aromatic heterocycles. The Labute approximate surface area is 158 Å². The molecule has 0 atom stereocenters. The minimum atomic E-state index is -0.312. The number of ketones is 1. The molecule has 3 aromatic carbocycles. The maximum atomic E-state index is 12.4. The van der Waals surface area contributed by atoms with Crippen molar-refractivity contribution in [1.29, 1.82) is 0 Å². The van der Waals surface area contributed by atoms with Crippen molar-refractivity contribution in [2.75, 3.05) is 7.11 Å². The molecule has 0 saturated heterocycles. The van der Waals surface area contributed by atoms with Gasteiger partial charge in [-0.25, -0.2) is 0 Å². The molecule has 4 nitrogen and oxygen atoms in total. The Morgan fingerprint density at radius 1 is 0.741 bits per heavy atom. The fraction of sp³-hybridized carbons (Fsp3) is 0.130. The van der Waals surface area contributed by atoms with Crippen molar-refractivity contribution in [1.82, 2.24) is 0 Å². The molecule has 0 heterocycles. The van der Waals surface area contributed by atoms with Crippen LogP contribution in [-0.2, 0) is 11.2 Å². The van der Waals surface area contributed by atoms with E-state index in [0.717, 1.165) is 11.3 Å². The lowest BCUT2D eigenvalue weighted by atomic mass is 10.0. The highest BCUT2D eigenvalue weighted by Crippen LogP contribution is 2.17. The molecule has 0 N–H and O–H groups in total. The van der Waals surface area contributed by atoms with Gasteiger partial charge < -0.3 is 9.47 Å². The van der Waals surface area contributed by atoms with Crippen LogP contribution in [0.5, 0.6) is 11.5 Å². The Kier molecular flexibility index (Phi) is 6.00. The van der Waals surface area contributed by atoms with Crippen LogP contribution in [0.3, 0.4) is 0 Å². The zero-order valence-corrected chi connectivity index (χ0v) is 15.1. The average Bonchev–Trinajstić information content (AvgIpc) is 2.73. The second kappa shape index (κ2) is 8.81. The Morgan fingerprint density at radius 3 is 1.96 bits per heavy atom. The van der Waals surface area contributed by atoms with Gasteiger partial charge in [0.1, 0.15) is 11.5 Å². The zero-order valence-electron chi connectivity index (χ0n) is 15.1. The minimum absolute atomic E-state index is 0.0621. The van der Waals surface area contributed by atoms with E-state index in [1.165, 1.54) is 0 Å².